The van der Waals surface area contributed by atoms with Crippen LogP contribution in [0.2, 0.25) is 0 Å². The molecule has 1 amide bonds. The van der Waals surface area contributed by atoms with E-state index in [-0.39, 0.29) is 11.7 Å². The van der Waals surface area contributed by atoms with Gasteiger partial charge in [-0.3, -0.25) is 4.79 Å². The van der Waals surface area contributed by atoms with Gasteiger partial charge in [0, 0.05) is 23.5 Å². The number of carbonyl (C=O) groups excluding carboxylic acids is 1. The van der Waals surface area contributed by atoms with Crippen molar-refractivity contribution in [2.24, 2.45) is 0 Å². The molecule has 0 bridgehead atoms. The highest BCUT2D eigenvalue weighted by molar-refractivity contribution is 7.99. The molecule has 0 saturated heterocycles. The number of carbonyl (C=O) groups is 1. The highest BCUT2D eigenvalue weighted by atomic mass is 32.2. The highest BCUT2D eigenvalue weighted by Gasteiger charge is 2.14. The summed E-state index contributed by atoms with van der Waals surface area (Å²) in [5.74, 6) is 0.975. The normalized spacial score (nSPS) is 10.7. The van der Waals surface area contributed by atoms with Crippen LogP contribution in [-0.2, 0) is 11.3 Å². The summed E-state index contributed by atoms with van der Waals surface area (Å²) in [7, 11) is 0. The predicted molar refractivity (Wildman–Crippen MR) is 106 cm³/mol. The average Bonchev–Trinajstić information content (AvgIpc) is 3.03. The Morgan fingerprint density at radius 3 is 2.65 bits per heavy atom. The van der Waals surface area contributed by atoms with E-state index in [4.69, 9.17) is 5.73 Å². The quantitative estimate of drug-likeness (QED) is 0.514. The molecule has 3 N–H and O–H groups in total. The number of hydrogen-bond donors (Lipinski definition) is 2. The van der Waals surface area contributed by atoms with Crippen LogP contribution in [0.1, 0.15) is 12.5 Å². The third kappa shape index (κ3) is 4.23. The van der Waals surface area contributed by atoms with Crippen molar-refractivity contribution in [1.29, 1.82) is 0 Å². The maximum absolute atomic E-state index is 12.2. The third-order valence-corrected chi connectivity index (χ3v) is 4.80. The first-order valence-corrected chi connectivity index (χ1v) is 9.34. The van der Waals surface area contributed by atoms with Gasteiger partial charge < -0.3 is 15.6 Å². The first-order chi connectivity index (χ1) is 12.6. The molecule has 0 atom stereocenters. The minimum absolute atomic E-state index is 0.0692. The van der Waals surface area contributed by atoms with E-state index < -0.39 is 0 Å². The van der Waals surface area contributed by atoms with Gasteiger partial charge in [-0.15, -0.1) is 10.2 Å². The van der Waals surface area contributed by atoms with Crippen LogP contribution < -0.4 is 11.1 Å². The molecule has 0 aliphatic carbocycles. The molecule has 0 unspecified atom stereocenters. The molecule has 0 radical (unpaired) electrons. The zero-order valence-corrected chi connectivity index (χ0v) is 15.6. The number of hydrogen-bond acceptors (Lipinski definition) is 5. The third-order valence-electron chi connectivity index (χ3n) is 3.84. The molecule has 3 aromatic rings. The van der Waals surface area contributed by atoms with Crippen LogP contribution in [0.3, 0.4) is 0 Å². The van der Waals surface area contributed by atoms with Gasteiger partial charge in [-0.1, -0.05) is 23.9 Å². The summed E-state index contributed by atoms with van der Waals surface area (Å²) in [5, 5.41) is 12.1. The number of thioether (sulfide) groups is 1. The number of benzene rings is 2. The second-order valence-corrected chi connectivity index (χ2v) is 6.82. The zero-order chi connectivity index (χ0) is 18.5. The second kappa shape index (κ2) is 8.05. The lowest BCUT2D eigenvalue weighted by molar-refractivity contribution is -0.113. The van der Waals surface area contributed by atoms with Crippen molar-refractivity contribution in [1.82, 2.24) is 14.8 Å². The molecular weight excluding hydrogens is 346 g/mol. The van der Waals surface area contributed by atoms with Crippen LogP contribution in [0.15, 0.2) is 53.7 Å². The van der Waals surface area contributed by atoms with E-state index in [2.05, 4.69) is 15.5 Å². The number of nitrogens with zero attached hydrogens (tertiary/aromatic N) is 3. The van der Waals surface area contributed by atoms with Gasteiger partial charge in [0.2, 0.25) is 5.91 Å². The lowest BCUT2D eigenvalue weighted by atomic mass is 10.2. The van der Waals surface area contributed by atoms with Gasteiger partial charge in [0.05, 0.1) is 5.75 Å². The fourth-order valence-electron chi connectivity index (χ4n) is 2.58. The SMILES string of the molecule is CCn1c(SCC(=O)Nc2cccc(C)c2)nnc1-c1ccc(N)cc1. The Balaban J connectivity index is 1.68. The van der Waals surface area contributed by atoms with Gasteiger partial charge in [-0.25, -0.2) is 0 Å². The first-order valence-electron chi connectivity index (χ1n) is 8.35. The van der Waals surface area contributed by atoms with Crippen LogP contribution in [0.5, 0.6) is 0 Å². The molecule has 0 aliphatic rings. The molecule has 0 spiro atoms. The highest BCUT2D eigenvalue weighted by Crippen LogP contribution is 2.24. The second-order valence-electron chi connectivity index (χ2n) is 5.88. The summed E-state index contributed by atoms with van der Waals surface area (Å²) >= 11 is 1.37. The van der Waals surface area contributed by atoms with Crippen LogP contribution in [0.25, 0.3) is 11.4 Å². The largest absolute Gasteiger partial charge is 0.399 e. The fourth-order valence-corrected chi connectivity index (χ4v) is 3.38. The average molecular weight is 367 g/mol. The number of nitrogens with two attached hydrogens (primary N) is 1. The van der Waals surface area contributed by atoms with E-state index in [0.29, 0.717) is 12.2 Å². The molecule has 6 nitrogen and oxygen atoms in total. The lowest BCUT2D eigenvalue weighted by Crippen LogP contribution is -2.14. The van der Waals surface area contributed by atoms with Crippen molar-refractivity contribution in [3.05, 3.63) is 54.1 Å². The van der Waals surface area contributed by atoms with E-state index in [1.54, 1.807) is 0 Å². The molecule has 0 fully saturated rings. The monoisotopic (exact) mass is 367 g/mol. The van der Waals surface area contributed by atoms with Crippen molar-refractivity contribution >= 4 is 29.0 Å². The Morgan fingerprint density at radius 2 is 1.96 bits per heavy atom. The van der Waals surface area contributed by atoms with Gasteiger partial charge in [0.25, 0.3) is 0 Å². The Hall–Kier alpha value is -2.80. The predicted octanol–water partition coefficient (Wildman–Crippen LogP) is 3.59. The Bertz CT molecular complexity index is 905. The van der Waals surface area contributed by atoms with E-state index in [1.807, 2.05) is 66.9 Å². The number of anilines is 2. The summed E-state index contributed by atoms with van der Waals surface area (Å²) in [4.78, 5) is 12.2. The number of nitrogens with one attached hydrogen (secondary N) is 1. The minimum atomic E-state index is -0.0692. The fraction of sp³-hybridized carbons (Fsp3) is 0.211. The molecule has 1 heterocycles. The van der Waals surface area contributed by atoms with Gasteiger partial charge in [0.15, 0.2) is 11.0 Å². The van der Waals surface area contributed by atoms with Crippen molar-refractivity contribution in [3.8, 4) is 11.4 Å². The summed E-state index contributed by atoms with van der Waals surface area (Å²) < 4.78 is 2.00. The van der Waals surface area contributed by atoms with E-state index in [9.17, 15) is 4.79 Å². The standard InChI is InChI=1S/C19H21N5OS/c1-3-24-18(14-7-9-15(20)10-8-14)22-23-19(24)26-12-17(25)21-16-6-4-5-13(2)11-16/h4-11H,3,12,20H2,1-2H3,(H,21,25). The van der Waals surface area contributed by atoms with Crippen LogP contribution in [-0.4, -0.2) is 26.4 Å². The van der Waals surface area contributed by atoms with Gasteiger partial charge in [-0.05, 0) is 55.8 Å². The van der Waals surface area contributed by atoms with Gasteiger partial charge >= 0.3 is 0 Å². The first kappa shape index (κ1) is 18.0. The molecule has 2 aromatic carbocycles. The van der Waals surface area contributed by atoms with Gasteiger partial charge in [0.1, 0.15) is 0 Å². The summed E-state index contributed by atoms with van der Waals surface area (Å²) in [6.45, 7) is 4.74. The summed E-state index contributed by atoms with van der Waals surface area (Å²) in [6.07, 6.45) is 0. The lowest BCUT2D eigenvalue weighted by Gasteiger charge is -2.08. The molecular formula is C19H21N5OS. The molecule has 3 rings (SSSR count). The minimum Gasteiger partial charge on any atom is -0.399 e. The summed E-state index contributed by atoms with van der Waals surface area (Å²) in [6, 6.07) is 15.3. The number of aromatic nitrogens is 3. The molecule has 134 valence electrons. The molecule has 0 saturated carbocycles. The summed E-state index contributed by atoms with van der Waals surface area (Å²) in [5.41, 5.74) is 9.31. The van der Waals surface area contributed by atoms with E-state index in [1.165, 1.54) is 11.8 Å². The molecule has 26 heavy (non-hydrogen) atoms. The van der Waals surface area contributed by atoms with Gasteiger partial charge in [-0.2, -0.15) is 0 Å². The Kier molecular flexibility index (Phi) is 5.58. The van der Waals surface area contributed by atoms with E-state index >= 15 is 0 Å². The number of amides is 1. The molecule has 0 aliphatic heterocycles. The number of aryl methyl sites for hydroxylation is 1. The smallest absolute Gasteiger partial charge is 0.234 e. The van der Waals surface area contributed by atoms with Crippen LogP contribution in [0, 0.1) is 6.92 Å². The van der Waals surface area contributed by atoms with Crippen molar-refractivity contribution < 1.29 is 4.79 Å². The van der Waals surface area contributed by atoms with Crippen LogP contribution >= 0.6 is 11.8 Å². The molecule has 1 aromatic heterocycles. The number of nitrogen functional groups attached to an aromatic ring is 1. The van der Waals surface area contributed by atoms with E-state index in [0.717, 1.165) is 27.8 Å². The Labute approximate surface area is 156 Å². The topological polar surface area (TPSA) is 85.8 Å². The van der Waals surface area contributed by atoms with Crippen LogP contribution in [0.4, 0.5) is 11.4 Å². The maximum atomic E-state index is 12.2. The Morgan fingerprint density at radius 1 is 1.19 bits per heavy atom. The number of rotatable bonds is 6. The van der Waals surface area contributed by atoms with Crippen molar-refractivity contribution in [2.75, 3.05) is 16.8 Å². The zero-order valence-electron chi connectivity index (χ0n) is 14.8. The van der Waals surface area contributed by atoms with Crippen molar-refractivity contribution in [3.63, 3.8) is 0 Å². The maximum Gasteiger partial charge on any atom is 0.234 e. The molecule has 7 heteroatoms. The van der Waals surface area contributed by atoms with Crippen molar-refractivity contribution in [2.45, 2.75) is 25.5 Å².